The smallest absolute Gasteiger partial charge is 0.00193 e. The highest BCUT2D eigenvalue weighted by Crippen LogP contribution is 2.17. The average molecular weight is 255 g/mol. The molecule has 0 bridgehead atoms. The molecule has 0 aromatic rings. The van der Waals surface area contributed by atoms with Crippen LogP contribution in [0.25, 0.3) is 0 Å². The molecule has 0 saturated carbocycles. The van der Waals surface area contributed by atoms with Gasteiger partial charge in [-0.15, -0.1) is 0 Å². The molecule has 1 rings (SSSR count). The van der Waals surface area contributed by atoms with E-state index in [2.05, 4.69) is 37.7 Å². The fraction of sp³-hybridized carbons (Fsp3) is 1.00. The Kier molecular flexibility index (Phi) is 7.20. The van der Waals surface area contributed by atoms with Crippen molar-refractivity contribution in [2.45, 2.75) is 33.1 Å². The summed E-state index contributed by atoms with van der Waals surface area (Å²) in [5.74, 6) is 2.35. The van der Waals surface area contributed by atoms with Crippen LogP contribution in [0, 0.1) is 17.8 Å². The molecule has 3 nitrogen and oxygen atoms in total. The number of likely N-dealkylation sites (tertiary alicyclic amines) is 1. The number of hydrogen-bond acceptors (Lipinski definition) is 3. The first kappa shape index (κ1) is 15.9. The summed E-state index contributed by atoms with van der Waals surface area (Å²) in [7, 11) is 4.49. The quantitative estimate of drug-likeness (QED) is 0.719. The van der Waals surface area contributed by atoms with Crippen LogP contribution >= 0.6 is 0 Å². The zero-order valence-corrected chi connectivity index (χ0v) is 12.9. The summed E-state index contributed by atoms with van der Waals surface area (Å²) in [4.78, 5) is 4.95. The molecule has 0 radical (unpaired) electrons. The van der Waals surface area contributed by atoms with Crippen LogP contribution in [0.1, 0.15) is 33.1 Å². The lowest BCUT2D eigenvalue weighted by molar-refractivity contribution is 0.247. The summed E-state index contributed by atoms with van der Waals surface area (Å²) in [6.45, 7) is 10.4. The van der Waals surface area contributed by atoms with E-state index in [9.17, 15) is 0 Å². The van der Waals surface area contributed by atoms with Crippen LogP contribution in [-0.2, 0) is 0 Å². The molecule has 18 heavy (non-hydrogen) atoms. The third-order valence-corrected chi connectivity index (χ3v) is 4.12. The minimum atomic E-state index is 0.707. The van der Waals surface area contributed by atoms with Crippen LogP contribution in [0.15, 0.2) is 0 Å². The first-order valence-electron chi connectivity index (χ1n) is 7.58. The van der Waals surface area contributed by atoms with Crippen molar-refractivity contribution >= 4 is 0 Å². The summed E-state index contributed by atoms with van der Waals surface area (Å²) in [5, 5.41) is 0. The SMILES string of the molecule is CC(C)CC(CN)CCN(C)CC1CCN(C)C1. The maximum absolute atomic E-state index is 5.86. The number of nitrogens with zero attached hydrogens (tertiary/aromatic N) is 2. The molecule has 0 aliphatic carbocycles. The highest BCUT2D eigenvalue weighted by atomic mass is 15.1. The standard InChI is InChI=1S/C15H33N3/c1-13(2)9-14(10-16)5-7-17(3)11-15-6-8-18(4)12-15/h13-15H,5-12,16H2,1-4H3. The normalized spacial score (nSPS) is 23.2. The Hall–Kier alpha value is -0.120. The molecule has 0 aromatic heterocycles. The first-order valence-corrected chi connectivity index (χ1v) is 7.58. The largest absolute Gasteiger partial charge is 0.330 e. The van der Waals surface area contributed by atoms with E-state index in [1.54, 1.807) is 0 Å². The fourth-order valence-electron chi connectivity index (χ4n) is 3.11. The van der Waals surface area contributed by atoms with Gasteiger partial charge in [-0.1, -0.05) is 13.8 Å². The molecule has 1 heterocycles. The van der Waals surface area contributed by atoms with Crippen molar-refractivity contribution < 1.29 is 0 Å². The molecule has 2 unspecified atom stereocenters. The van der Waals surface area contributed by atoms with Crippen LogP contribution in [0.2, 0.25) is 0 Å². The fourth-order valence-corrected chi connectivity index (χ4v) is 3.11. The third kappa shape index (κ3) is 6.17. The van der Waals surface area contributed by atoms with E-state index in [4.69, 9.17) is 5.73 Å². The van der Waals surface area contributed by atoms with Gasteiger partial charge in [0, 0.05) is 13.1 Å². The van der Waals surface area contributed by atoms with Gasteiger partial charge in [-0.3, -0.25) is 0 Å². The molecule has 1 aliphatic rings. The van der Waals surface area contributed by atoms with Gasteiger partial charge < -0.3 is 15.5 Å². The molecule has 2 N–H and O–H groups in total. The van der Waals surface area contributed by atoms with Crippen molar-refractivity contribution in [3.63, 3.8) is 0 Å². The Labute approximate surface area is 114 Å². The van der Waals surface area contributed by atoms with E-state index >= 15 is 0 Å². The van der Waals surface area contributed by atoms with Crippen LogP contribution in [-0.4, -0.2) is 56.6 Å². The monoisotopic (exact) mass is 255 g/mol. The van der Waals surface area contributed by atoms with Gasteiger partial charge in [0.2, 0.25) is 0 Å². The van der Waals surface area contributed by atoms with Crippen molar-refractivity contribution in [3.8, 4) is 0 Å². The van der Waals surface area contributed by atoms with Gasteiger partial charge in [-0.25, -0.2) is 0 Å². The van der Waals surface area contributed by atoms with Crippen LogP contribution in [0.3, 0.4) is 0 Å². The summed E-state index contributed by atoms with van der Waals surface area (Å²) < 4.78 is 0. The zero-order valence-electron chi connectivity index (χ0n) is 12.9. The van der Waals surface area contributed by atoms with Gasteiger partial charge >= 0.3 is 0 Å². The van der Waals surface area contributed by atoms with Crippen molar-refractivity contribution in [1.82, 2.24) is 9.80 Å². The number of nitrogens with two attached hydrogens (primary N) is 1. The molecule has 0 spiro atoms. The van der Waals surface area contributed by atoms with Gasteiger partial charge in [-0.2, -0.15) is 0 Å². The van der Waals surface area contributed by atoms with E-state index in [1.807, 2.05) is 0 Å². The molecule has 108 valence electrons. The van der Waals surface area contributed by atoms with E-state index in [0.717, 1.165) is 18.4 Å². The number of rotatable bonds is 8. The number of hydrogen-bond donors (Lipinski definition) is 1. The van der Waals surface area contributed by atoms with Crippen LogP contribution < -0.4 is 5.73 Å². The lowest BCUT2D eigenvalue weighted by Crippen LogP contribution is -2.30. The van der Waals surface area contributed by atoms with Crippen molar-refractivity contribution in [2.75, 3.05) is 46.8 Å². The lowest BCUT2D eigenvalue weighted by atomic mass is 9.94. The second kappa shape index (κ2) is 8.13. The maximum atomic E-state index is 5.86. The Morgan fingerprint density at radius 1 is 1.39 bits per heavy atom. The minimum Gasteiger partial charge on any atom is -0.330 e. The van der Waals surface area contributed by atoms with Crippen LogP contribution in [0.4, 0.5) is 0 Å². The van der Waals surface area contributed by atoms with E-state index in [-0.39, 0.29) is 0 Å². The molecule has 1 aliphatic heterocycles. The van der Waals surface area contributed by atoms with Gasteiger partial charge in [-0.05, 0) is 70.7 Å². The molecule has 1 fully saturated rings. The van der Waals surface area contributed by atoms with Gasteiger partial charge in [0.25, 0.3) is 0 Å². The topological polar surface area (TPSA) is 32.5 Å². The average Bonchev–Trinajstić information content (AvgIpc) is 2.69. The Bertz CT molecular complexity index is 218. The maximum Gasteiger partial charge on any atom is 0.00193 e. The molecular formula is C15H33N3. The lowest BCUT2D eigenvalue weighted by Gasteiger charge is -2.24. The van der Waals surface area contributed by atoms with Gasteiger partial charge in [0.15, 0.2) is 0 Å². The second-order valence-electron chi connectivity index (χ2n) is 6.70. The molecule has 0 aromatic carbocycles. The van der Waals surface area contributed by atoms with Crippen molar-refractivity contribution in [2.24, 2.45) is 23.5 Å². The van der Waals surface area contributed by atoms with Gasteiger partial charge in [0.1, 0.15) is 0 Å². The first-order chi connectivity index (χ1) is 8.51. The van der Waals surface area contributed by atoms with E-state index < -0.39 is 0 Å². The summed E-state index contributed by atoms with van der Waals surface area (Å²) in [6.07, 6.45) is 3.90. The molecule has 2 atom stereocenters. The van der Waals surface area contributed by atoms with Gasteiger partial charge in [0.05, 0.1) is 0 Å². The summed E-state index contributed by atoms with van der Waals surface area (Å²) in [6, 6.07) is 0. The molecule has 1 saturated heterocycles. The van der Waals surface area contributed by atoms with E-state index in [1.165, 1.54) is 45.4 Å². The predicted octanol–water partition coefficient (Wildman–Crippen LogP) is 1.88. The Morgan fingerprint density at radius 2 is 2.11 bits per heavy atom. The summed E-state index contributed by atoms with van der Waals surface area (Å²) >= 11 is 0. The Morgan fingerprint density at radius 3 is 2.61 bits per heavy atom. The van der Waals surface area contributed by atoms with E-state index in [0.29, 0.717) is 5.92 Å². The Balaban J connectivity index is 2.17. The molecular weight excluding hydrogens is 222 g/mol. The summed E-state index contributed by atoms with van der Waals surface area (Å²) in [5.41, 5.74) is 5.86. The molecule has 3 heteroatoms. The zero-order chi connectivity index (χ0) is 13.5. The highest BCUT2D eigenvalue weighted by Gasteiger charge is 2.20. The third-order valence-electron chi connectivity index (χ3n) is 4.12. The highest BCUT2D eigenvalue weighted by molar-refractivity contribution is 4.75. The van der Waals surface area contributed by atoms with Crippen LogP contribution in [0.5, 0.6) is 0 Å². The van der Waals surface area contributed by atoms with Crippen molar-refractivity contribution in [1.29, 1.82) is 0 Å². The molecule has 0 amide bonds. The predicted molar refractivity (Wildman–Crippen MR) is 79.7 cm³/mol. The minimum absolute atomic E-state index is 0.707. The van der Waals surface area contributed by atoms with Crippen molar-refractivity contribution in [3.05, 3.63) is 0 Å². The second-order valence-corrected chi connectivity index (χ2v) is 6.70.